The van der Waals surface area contributed by atoms with Crippen LogP contribution in [0.4, 0.5) is 0 Å². The topological polar surface area (TPSA) is 64.1 Å². The second-order valence-corrected chi connectivity index (χ2v) is 6.79. The molecule has 0 aliphatic carbocycles. The predicted octanol–water partition coefficient (Wildman–Crippen LogP) is 3.49. The van der Waals surface area contributed by atoms with E-state index in [2.05, 4.69) is 30.2 Å². The molecule has 2 heterocycles. The van der Waals surface area contributed by atoms with Crippen molar-refractivity contribution in [3.8, 4) is 5.75 Å². The number of hydrogen-bond donors (Lipinski definition) is 1. The third-order valence-electron chi connectivity index (χ3n) is 4.96. The molecule has 0 bridgehead atoms. The molecule has 138 valence electrons. The smallest absolute Gasteiger partial charge is 0.251 e. The molecule has 0 saturated carbocycles. The molecule has 1 aliphatic rings. The van der Waals surface area contributed by atoms with Crippen LogP contribution in [0.25, 0.3) is 11.0 Å². The quantitative estimate of drug-likeness (QED) is 0.756. The Morgan fingerprint density at radius 1 is 1.07 bits per heavy atom. The van der Waals surface area contributed by atoms with Gasteiger partial charge in [0.15, 0.2) is 0 Å². The predicted molar refractivity (Wildman–Crippen MR) is 105 cm³/mol. The first-order valence-electron chi connectivity index (χ1n) is 9.50. The van der Waals surface area contributed by atoms with E-state index in [0.717, 1.165) is 47.4 Å². The minimum absolute atomic E-state index is 0.0228. The molecule has 3 aromatic rings. The zero-order chi connectivity index (χ0) is 18.8. The van der Waals surface area contributed by atoms with E-state index in [1.54, 1.807) is 0 Å². The number of amides is 1. The van der Waals surface area contributed by atoms with Crippen LogP contribution in [0.1, 0.15) is 41.2 Å². The maximum Gasteiger partial charge on any atom is 0.251 e. The lowest BCUT2D eigenvalue weighted by Crippen LogP contribution is -2.34. The van der Waals surface area contributed by atoms with E-state index in [9.17, 15) is 4.79 Å². The van der Waals surface area contributed by atoms with Crippen molar-refractivity contribution in [3.05, 3.63) is 65.0 Å². The summed E-state index contributed by atoms with van der Waals surface area (Å²) in [6, 6.07) is 13.5. The van der Waals surface area contributed by atoms with Crippen LogP contribution in [0, 0.1) is 0 Å². The normalized spacial score (nSPS) is 15.4. The van der Waals surface area contributed by atoms with Gasteiger partial charge in [0, 0.05) is 12.0 Å². The second kappa shape index (κ2) is 7.35. The van der Waals surface area contributed by atoms with Gasteiger partial charge in [0.1, 0.15) is 11.9 Å². The van der Waals surface area contributed by atoms with Gasteiger partial charge in [-0.05, 0) is 42.7 Å². The zero-order valence-electron chi connectivity index (χ0n) is 15.7. The summed E-state index contributed by atoms with van der Waals surface area (Å²) in [7, 11) is 0. The number of nitrogens with zero attached hydrogens (tertiary/aromatic N) is 2. The van der Waals surface area contributed by atoms with E-state index in [0.29, 0.717) is 12.1 Å². The fourth-order valence-corrected chi connectivity index (χ4v) is 3.51. The Morgan fingerprint density at radius 3 is 2.56 bits per heavy atom. The summed E-state index contributed by atoms with van der Waals surface area (Å²) in [6.07, 6.45) is 2.49. The van der Waals surface area contributed by atoms with Gasteiger partial charge in [0.05, 0.1) is 29.0 Å². The van der Waals surface area contributed by atoms with Crippen LogP contribution in [0.2, 0.25) is 0 Å². The number of para-hydroxylation sites is 1. The van der Waals surface area contributed by atoms with E-state index < -0.39 is 0 Å². The highest BCUT2D eigenvalue weighted by Gasteiger charge is 2.22. The van der Waals surface area contributed by atoms with Crippen LogP contribution in [-0.4, -0.2) is 28.5 Å². The van der Waals surface area contributed by atoms with Crippen molar-refractivity contribution in [3.63, 3.8) is 0 Å². The maximum atomic E-state index is 12.6. The molecule has 5 heteroatoms. The lowest BCUT2D eigenvalue weighted by Gasteiger charge is -2.12. The van der Waals surface area contributed by atoms with Gasteiger partial charge < -0.3 is 10.1 Å². The van der Waals surface area contributed by atoms with Gasteiger partial charge in [-0.2, -0.15) is 0 Å². The molecule has 1 atom stereocenters. The van der Waals surface area contributed by atoms with Crippen molar-refractivity contribution < 1.29 is 9.53 Å². The number of aryl methyl sites for hydroxylation is 2. The third kappa shape index (κ3) is 3.50. The van der Waals surface area contributed by atoms with E-state index in [1.807, 2.05) is 36.4 Å². The maximum absolute atomic E-state index is 12.6. The number of hydrogen-bond acceptors (Lipinski definition) is 4. The van der Waals surface area contributed by atoms with Crippen LogP contribution >= 0.6 is 0 Å². The number of carbonyl (C=O) groups excluding carboxylic acids is 1. The van der Waals surface area contributed by atoms with Crippen molar-refractivity contribution in [2.45, 2.75) is 39.2 Å². The van der Waals surface area contributed by atoms with Crippen molar-refractivity contribution in [1.29, 1.82) is 0 Å². The molecule has 4 rings (SSSR count). The van der Waals surface area contributed by atoms with Crippen molar-refractivity contribution >= 4 is 16.9 Å². The fraction of sp³-hybridized carbons (Fsp3) is 0.318. The average molecular weight is 361 g/mol. The molecule has 2 aromatic carbocycles. The van der Waals surface area contributed by atoms with Gasteiger partial charge in [-0.1, -0.05) is 32.0 Å². The Balaban J connectivity index is 1.46. The lowest BCUT2D eigenvalue weighted by molar-refractivity contribution is 0.0933. The Labute approximate surface area is 158 Å². The van der Waals surface area contributed by atoms with E-state index >= 15 is 0 Å². The Morgan fingerprint density at radius 2 is 1.81 bits per heavy atom. The van der Waals surface area contributed by atoms with Gasteiger partial charge in [-0.15, -0.1) is 0 Å². The first-order valence-corrected chi connectivity index (χ1v) is 9.50. The van der Waals surface area contributed by atoms with Gasteiger partial charge in [-0.3, -0.25) is 4.79 Å². The first-order chi connectivity index (χ1) is 13.2. The summed E-state index contributed by atoms with van der Waals surface area (Å²) in [6.45, 7) is 4.64. The number of ether oxygens (including phenoxy) is 1. The summed E-state index contributed by atoms with van der Waals surface area (Å²) < 4.78 is 5.88. The molecule has 0 fully saturated rings. The van der Waals surface area contributed by atoms with E-state index in [-0.39, 0.29) is 12.0 Å². The molecule has 0 unspecified atom stereocenters. The van der Waals surface area contributed by atoms with Crippen molar-refractivity contribution in [2.75, 3.05) is 6.54 Å². The molecular formula is C22H23N3O2. The molecule has 0 spiro atoms. The van der Waals surface area contributed by atoms with Gasteiger partial charge in [-0.25, -0.2) is 9.97 Å². The van der Waals surface area contributed by atoms with Crippen LogP contribution in [0.3, 0.4) is 0 Å². The number of benzene rings is 2. The highest BCUT2D eigenvalue weighted by molar-refractivity contribution is 5.97. The summed E-state index contributed by atoms with van der Waals surface area (Å²) in [4.78, 5) is 22.0. The Hall–Kier alpha value is -2.95. The van der Waals surface area contributed by atoms with Crippen molar-refractivity contribution in [2.24, 2.45) is 0 Å². The standard InChI is InChI=1S/C22H23N3O2/c1-3-17-18(4-2)25-20-12-15(9-10-19(20)24-17)22(26)23-13-16-11-14-7-5-6-8-21(14)27-16/h5-10,12,16H,3-4,11,13H2,1-2H3,(H,23,26)/t16-/m1/s1. The number of fused-ring (bicyclic) bond motifs is 2. The molecule has 0 saturated heterocycles. The number of rotatable bonds is 5. The van der Waals surface area contributed by atoms with E-state index in [1.165, 1.54) is 5.56 Å². The van der Waals surface area contributed by atoms with Gasteiger partial charge in [0.2, 0.25) is 0 Å². The molecular weight excluding hydrogens is 338 g/mol. The highest BCUT2D eigenvalue weighted by atomic mass is 16.5. The molecule has 1 N–H and O–H groups in total. The van der Waals surface area contributed by atoms with Gasteiger partial charge in [0.25, 0.3) is 5.91 Å². The largest absolute Gasteiger partial charge is 0.488 e. The Kier molecular flexibility index (Phi) is 4.75. The number of aromatic nitrogens is 2. The summed E-state index contributed by atoms with van der Waals surface area (Å²) in [5.41, 5.74) is 5.41. The zero-order valence-corrected chi connectivity index (χ0v) is 15.7. The van der Waals surface area contributed by atoms with Gasteiger partial charge >= 0.3 is 0 Å². The monoisotopic (exact) mass is 361 g/mol. The molecule has 1 amide bonds. The lowest BCUT2D eigenvalue weighted by atomic mass is 10.1. The summed E-state index contributed by atoms with van der Waals surface area (Å²) >= 11 is 0. The van der Waals surface area contributed by atoms with Crippen LogP contribution in [-0.2, 0) is 19.3 Å². The van der Waals surface area contributed by atoms with Crippen LogP contribution in [0.15, 0.2) is 42.5 Å². The molecule has 1 aromatic heterocycles. The number of carbonyl (C=O) groups is 1. The highest BCUT2D eigenvalue weighted by Crippen LogP contribution is 2.27. The first kappa shape index (κ1) is 17.5. The SMILES string of the molecule is CCc1nc2ccc(C(=O)NC[C@H]3Cc4ccccc4O3)cc2nc1CC. The van der Waals surface area contributed by atoms with Crippen molar-refractivity contribution in [1.82, 2.24) is 15.3 Å². The minimum atomic E-state index is -0.115. The van der Waals surface area contributed by atoms with Crippen LogP contribution < -0.4 is 10.1 Å². The van der Waals surface area contributed by atoms with E-state index in [4.69, 9.17) is 9.72 Å². The third-order valence-corrected chi connectivity index (χ3v) is 4.96. The number of nitrogens with one attached hydrogen (secondary N) is 1. The minimum Gasteiger partial charge on any atom is -0.488 e. The molecule has 5 nitrogen and oxygen atoms in total. The fourth-order valence-electron chi connectivity index (χ4n) is 3.51. The molecule has 0 radical (unpaired) electrons. The molecule has 27 heavy (non-hydrogen) atoms. The second-order valence-electron chi connectivity index (χ2n) is 6.79. The summed E-state index contributed by atoms with van der Waals surface area (Å²) in [5.74, 6) is 0.799. The van der Waals surface area contributed by atoms with Crippen LogP contribution in [0.5, 0.6) is 5.75 Å². The molecule has 1 aliphatic heterocycles. The Bertz CT molecular complexity index is 975. The average Bonchev–Trinajstić information content (AvgIpc) is 3.13. The summed E-state index contributed by atoms with van der Waals surface area (Å²) in [5, 5.41) is 2.98.